The first-order valence-electron chi connectivity index (χ1n) is 3.82. The van der Waals surface area contributed by atoms with E-state index in [-0.39, 0.29) is 0 Å². The molecule has 0 amide bonds. The zero-order valence-corrected chi connectivity index (χ0v) is 6.05. The van der Waals surface area contributed by atoms with Gasteiger partial charge in [0.1, 0.15) is 7.28 Å². The van der Waals surface area contributed by atoms with E-state index in [4.69, 9.17) is 5.11 Å². The molecule has 1 fully saturated rings. The molecule has 1 aliphatic heterocycles. The van der Waals surface area contributed by atoms with Gasteiger partial charge in [-0.1, -0.05) is 25.5 Å². The first-order chi connectivity index (χ1) is 4.79. The number of rotatable bonds is 2. The molecule has 1 heterocycles. The molecule has 1 radical (unpaired) electrons. The highest BCUT2D eigenvalue weighted by atomic mass is 16.4. The molecule has 1 rings (SSSR count). The Kier molecular flexibility index (Phi) is 2.78. The summed E-state index contributed by atoms with van der Waals surface area (Å²) in [7, 11) is 2.21. The zero-order valence-electron chi connectivity index (χ0n) is 6.05. The summed E-state index contributed by atoms with van der Waals surface area (Å²) in [6.07, 6.45) is 4.82. The predicted octanol–water partition coefficient (Wildman–Crippen LogP) is 1.41. The molecule has 1 aliphatic rings. The molecule has 0 aromatic rings. The third kappa shape index (κ3) is 2.42. The maximum atomic E-state index is 10.3. The van der Waals surface area contributed by atoms with E-state index in [2.05, 4.69) is 7.28 Å². The largest absolute Gasteiger partial charge is 0.481 e. The van der Waals surface area contributed by atoms with Gasteiger partial charge in [0.25, 0.3) is 0 Å². The molecule has 0 saturated carbocycles. The summed E-state index contributed by atoms with van der Waals surface area (Å²) in [5.41, 5.74) is 0. The molecule has 1 unspecified atom stereocenters. The Morgan fingerprint density at radius 1 is 1.70 bits per heavy atom. The maximum absolute atomic E-state index is 10.3. The first-order valence-corrected chi connectivity index (χ1v) is 3.82. The second-order valence-corrected chi connectivity index (χ2v) is 2.92. The van der Waals surface area contributed by atoms with Crippen LogP contribution >= 0.6 is 0 Å². The van der Waals surface area contributed by atoms with Gasteiger partial charge in [-0.2, -0.15) is 0 Å². The lowest BCUT2D eigenvalue weighted by molar-refractivity contribution is -0.138. The summed E-state index contributed by atoms with van der Waals surface area (Å²) in [5.74, 6) is -0.230. The Bertz CT molecular complexity index is 119. The van der Waals surface area contributed by atoms with Gasteiger partial charge >= 0.3 is 5.97 Å². The van der Waals surface area contributed by atoms with Crippen LogP contribution in [-0.4, -0.2) is 18.4 Å². The number of carbonyl (C=O) groups is 1. The van der Waals surface area contributed by atoms with E-state index < -0.39 is 5.97 Å². The highest BCUT2D eigenvalue weighted by molar-refractivity contribution is 6.35. The molecular weight excluding hydrogens is 127 g/mol. The topological polar surface area (TPSA) is 37.3 Å². The van der Waals surface area contributed by atoms with Crippen LogP contribution in [0.1, 0.15) is 19.3 Å². The number of aliphatic carboxylic acids is 1. The van der Waals surface area contributed by atoms with Crippen molar-refractivity contribution in [3.8, 4) is 0 Å². The molecule has 2 nitrogen and oxygen atoms in total. The second kappa shape index (κ2) is 3.64. The SMILES string of the molecule is O=C(O)CC1C[B]CCC1. The standard InChI is InChI=1S/C7H12BO2/c9-7(10)4-6-2-1-3-8-5-6/h6H,1-5H2,(H,9,10). The van der Waals surface area contributed by atoms with Crippen molar-refractivity contribution in [2.24, 2.45) is 5.92 Å². The number of carboxylic acid groups (broad SMARTS) is 1. The minimum absolute atomic E-state index is 0.358. The van der Waals surface area contributed by atoms with Crippen molar-refractivity contribution in [1.29, 1.82) is 0 Å². The second-order valence-electron chi connectivity index (χ2n) is 2.92. The smallest absolute Gasteiger partial charge is 0.303 e. The molecule has 1 atom stereocenters. The van der Waals surface area contributed by atoms with E-state index in [0.29, 0.717) is 12.3 Å². The van der Waals surface area contributed by atoms with E-state index in [1.807, 2.05) is 0 Å². The van der Waals surface area contributed by atoms with Gasteiger partial charge in [-0.15, -0.1) is 0 Å². The summed E-state index contributed by atoms with van der Waals surface area (Å²) in [5, 5.41) is 8.45. The monoisotopic (exact) mass is 139 g/mol. The summed E-state index contributed by atoms with van der Waals surface area (Å²) in [6.45, 7) is 0. The van der Waals surface area contributed by atoms with Crippen molar-refractivity contribution in [3.63, 3.8) is 0 Å². The molecule has 0 aromatic heterocycles. The average molecular weight is 139 g/mol. The van der Waals surface area contributed by atoms with Crippen LogP contribution in [0.15, 0.2) is 0 Å². The minimum Gasteiger partial charge on any atom is -0.481 e. The van der Waals surface area contributed by atoms with Gasteiger partial charge in [0, 0.05) is 6.42 Å². The van der Waals surface area contributed by atoms with Crippen LogP contribution in [0.5, 0.6) is 0 Å². The molecule has 0 spiro atoms. The van der Waals surface area contributed by atoms with Crippen LogP contribution in [0.4, 0.5) is 0 Å². The van der Waals surface area contributed by atoms with Crippen LogP contribution < -0.4 is 0 Å². The van der Waals surface area contributed by atoms with Crippen LogP contribution in [-0.2, 0) is 4.79 Å². The number of carboxylic acids is 1. The van der Waals surface area contributed by atoms with Gasteiger partial charge in [-0.25, -0.2) is 0 Å². The Labute approximate surface area is 61.9 Å². The predicted molar refractivity (Wildman–Crippen MR) is 40.3 cm³/mol. The van der Waals surface area contributed by atoms with Crippen LogP contribution in [0, 0.1) is 5.92 Å². The molecule has 0 bridgehead atoms. The quantitative estimate of drug-likeness (QED) is 0.587. The fourth-order valence-electron chi connectivity index (χ4n) is 1.45. The van der Waals surface area contributed by atoms with E-state index in [0.717, 1.165) is 12.7 Å². The van der Waals surface area contributed by atoms with Gasteiger partial charge in [0.15, 0.2) is 0 Å². The zero-order chi connectivity index (χ0) is 7.40. The highest BCUT2D eigenvalue weighted by Gasteiger charge is 2.16. The summed E-state index contributed by atoms with van der Waals surface area (Å²) >= 11 is 0. The Balaban J connectivity index is 2.19. The Hall–Kier alpha value is -0.465. The lowest BCUT2D eigenvalue weighted by Crippen LogP contribution is -2.14. The molecule has 1 N–H and O–H groups in total. The van der Waals surface area contributed by atoms with Crippen molar-refractivity contribution in [2.45, 2.75) is 31.9 Å². The van der Waals surface area contributed by atoms with Crippen LogP contribution in [0.2, 0.25) is 12.6 Å². The fourth-order valence-corrected chi connectivity index (χ4v) is 1.45. The van der Waals surface area contributed by atoms with Crippen molar-refractivity contribution in [1.82, 2.24) is 0 Å². The highest BCUT2D eigenvalue weighted by Crippen LogP contribution is 2.22. The normalized spacial score (nSPS) is 25.4. The lowest BCUT2D eigenvalue weighted by Gasteiger charge is -2.18. The van der Waals surface area contributed by atoms with Gasteiger partial charge in [-0.05, 0) is 5.92 Å². The fraction of sp³-hybridized carbons (Fsp3) is 0.857. The molecule has 0 aliphatic carbocycles. The molecule has 55 valence electrons. The summed E-state index contributed by atoms with van der Waals surface area (Å²) in [6, 6.07) is 0. The first kappa shape index (κ1) is 7.64. The van der Waals surface area contributed by atoms with Crippen molar-refractivity contribution >= 4 is 13.2 Å². The Morgan fingerprint density at radius 3 is 3.00 bits per heavy atom. The summed E-state index contributed by atoms with van der Waals surface area (Å²) < 4.78 is 0. The van der Waals surface area contributed by atoms with Crippen molar-refractivity contribution in [3.05, 3.63) is 0 Å². The third-order valence-electron chi connectivity index (χ3n) is 1.98. The number of hydrogen-bond donors (Lipinski definition) is 1. The van der Waals surface area contributed by atoms with Gasteiger partial charge in [0.05, 0.1) is 0 Å². The molecular formula is C7H12BO2. The molecule has 10 heavy (non-hydrogen) atoms. The van der Waals surface area contributed by atoms with E-state index >= 15 is 0 Å². The lowest BCUT2D eigenvalue weighted by atomic mass is 9.60. The van der Waals surface area contributed by atoms with Crippen molar-refractivity contribution < 1.29 is 9.90 Å². The van der Waals surface area contributed by atoms with Crippen molar-refractivity contribution in [2.75, 3.05) is 0 Å². The maximum Gasteiger partial charge on any atom is 0.303 e. The number of hydrogen-bond acceptors (Lipinski definition) is 1. The van der Waals surface area contributed by atoms with Gasteiger partial charge in [-0.3, -0.25) is 4.79 Å². The van der Waals surface area contributed by atoms with E-state index in [1.54, 1.807) is 0 Å². The minimum atomic E-state index is -0.652. The third-order valence-corrected chi connectivity index (χ3v) is 1.98. The van der Waals surface area contributed by atoms with E-state index in [9.17, 15) is 4.79 Å². The average Bonchev–Trinajstić information content (AvgIpc) is 1.88. The van der Waals surface area contributed by atoms with Gasteiger partial charge in [0.2, 0.25) is 0 Å². The van der Waals surface area contributed by atoms with Crippen LogP contribution in [0.3, 0.4) is 0 Å². The van der Waals surface area contributed by atoms with Crippen LogP contribution in [0.25, 0.3) is 0 Å². The summed E-state index contributed by atoms with van der Waals surface area (Å²) in [4.78, 5) is 10.3. The Morgan fingerprint density at radius 2 is 2.50 bits per heavy atom. The van der Waals surface area contributed by atoms with E-state index in [1.165, 1.54) is 12.7 Å². The van der Waals surface area contributed by atoms with Gasteiger partial charge < -0.3 is 5.11 Å². The molecule has 1 saturated heterocycles. The molecule has 3 heteroatoms. The molecule has 0 aromatic carbocycles.